The standard InChI is InChI=1S/C22H32N2O2/c1-24(2)16-8-4-7-11-21(25-18-19-9-5-3-6-10-19)17-22-13-12-20(26-22)14-15-23/h3-7,9-10,20-22H,8,11-14,16-18H2,1-2H3/b7-4-/t20?,21-,22-/m1/s1. The van der Waals surface area contributed by atoms with Gasteiger partial charge in [0, 0.05) is 13.0 Å². The largest absolute Gasteiger partial charge is 0.374 e. The van der Waals surface area contributed by atoms with Gasteiger partial charge in [-0.05, 0) is 45.3 Å². The zero-order valence-corrected chi connectivity index (χ0v) is 16.1. The van der Waals surface area contributed by atoms with Gasteiger partial charge >= 0.3 is 0 Å². The van der Waals surface area contributed by atoms with Gasteiger partial charge in [-0.1, -0.05) is 42.5 Å². The minimum atomic E-state index is 0.107. The third-order valence-electron chi connectivity index (χ3n) is 4.68. The summed E-state index contributed by atoms with van der Waals surface area (Å²) < 4.78 is 12.2. The van der Waals surface area contributed by atoms with Crippen LogP contribution in [0.3, 0.4) is 0 Å². The van der Waals surface area contributed by atoms with Crippen LogP contribution in [0.4, 0.5) is 0 Å². The first-order valence-electron chi connectivity index (χ1n) is 9.65. The number of benzene rings is 1. The molecule has 0 aromatic heterocycles. The highest BCUT2D eigenvalue weighted by Gasteiger charge is 2.27. The minimum absolute atomic E-state index is 0.107. The highest BCUT2D eigenvalue weighted by Crippen LogP contribution is 2.27. The second kappa shape index (κ2) is 11.9. The molecule has 4 heteroatoms. The Morgan fingerprint density at radius 3 is 2.73 bits per heavy atom. The van der Waals surface area contributed by atoms with Crippen LogP contribution in [-0.2, 0) is 16.1 Å². The zero-order valence-electron chi connectivity index (χ0n) is 16.1. The van der Waals surface area contributed by atoms with E-state index in [9.17, 15) is 0 Å². The van der Waals surface area contributed by atoms with Gasteiger partial charge in [0.25, 0.3) is 0 Å². The lowest BCUT2D eigenvalue weighted by atomic mass is 10.0. The molecule has 0 saturated carbocycles. The lowest BCUT2D eigenvalue weighted by Gasteiger charge is -2.21. The van der Waals surface area contributed by atoms with E-state index in [1.165, 1.54) is 5.56 Å². The fourth-order valence-electron chi connectivity index (χ4n) is 3.22. The smallest absolute Gasteiger partial charge is 0.0720 e. The molecule has 1 unspecified atom stereocenters. The number of nitriles is 1. The van der Waals surface area contributed by atoms with E-state index in [1.807, 2.05) is 18.2 Å². The summed E-state index contributed by atoms with van der Waals surface area (Å²) in [6.07, 6.45) is 10.3. The van der Waals surface area contributed by atoms with Gasteiger partial charge in [-0.2, -0.15) is 5.26 Å². The number of rotatable bonds is 11. The Balaban J connectivity index is 1.83. The summed E-state index contributed by atoms with van der Waals surface area (Å²) in [4.78, 5) is 2.19. The van der Waals surface area contributed by atoms with E-state index in [0.717, 1.165) is 38.6 Å². The zero-order chi connectivity index (χ0) is 18.6. The second-order valence-corrected chi connectivity index (χ2v) is 7.27. The SMILES string of the molecule is CN(C)CC/C=C\C[C@H](C[C@H]1CCC(CC#N)O1)OCc1ccccc1. The summed E-state index contributed by atoms with van der Waals surface area (Å²) in [7, 11) is 4.18. The molecule has 1 heterocycles. The predicted molar refractivity (Wildman–Crippen MR) is 105 cm³/mol. The molecule has 2 rings (SSSR count). The van der Waals surface area contributed by atoms with Crippen LogP contribution in [-0.4, -0.2) is 43.9 Å². The lowest BCUT2D eigenvalue weighted by molar-refractivity contribution is -0.0198. The van der Waals surface area contributed by atoms with Crippen LogP contribution < -0.4 is 0 Å². The molecule has 0 spiro atoms. The molecule has 1 aromatic rings. The number of hydrogen-bond acceptors (Lipinski definition) is 4. The van der Waals surface area contributed by atoms with Crippen molar-refractivity contribution in [2.24, 2.45) is 0 Å². The molecule has 1 saturated heterocycles. The van der Waals surface area contributed by atoms with Crippen molar-refractivity contribution in [2.75, 3.05) is 20.6 Å². The van der Waals surface area contributed by atoms with Crippen LogP contribution in [0.1, 0.15) is 44.1 Å². The first-order valence-corrected chi connectivity index (χ1v) is 9.65. The molecule has 0 N–H and O–H groups in total. The van der Waals surface area contributed by atoms with Gasteiger partial charge in [-0.15, -0.1) is 0 Å². The third-order valence-corrected chi connectivity index (χ3v) is 4.68. The molecule has 1 aliphatic heterocycles. The van der Waals surface area contributed by atoms with Crippen LogP contribution in [0, 0.1) is 11.3 Å². The Morgan fingerprint density at radius 2 is 2.00 bits per heavy atom. The molecular formula is C22H32N2O2. The van der Waals surface area contributed by atoms with E-state index < -0.39 is 0 Å². The van der Waals surface area contributed by atoms with Crippen molar-refractivity contribution in [3.8, 4) is 6.07 Å². The monoisotopic (exact) mass is 356 g/mol. The van der Waals surface area contributed by atoms with Crippen molar-refractivity contribution >= 4 is 0 Å². The maximum atomic E-state index is 8.84. The number of ether oxygens (including phenoxy) is 2. The fourth-order valence-corrected chi connectivity index (χ4v) is 3.22. The van der Waals surface area contributed by atoms with E-state index >= 15 is 0 Å². The molecule has 1 aliphatic rings. The molecule has 0 aliphatic carbocycles. The molecule has 4 nitrogen and oxygen atoms in total. The van der Waals surface area contributed by atoms with Crippen molar-refractivity contribution in [3.63, 3.8) is 0 Å². The fraction of sp³-hybridized carbons (Fsp3) is 0.591. The van der Waals surface area contributed by atoms with E-state index in [4.69, 9.17) is 14.7 Å². The maximum Gasteiger partial charge on any atom is 0.0720 e. The van der Waals surface area contributed by atoms with Crippen molar-refractivity contribution < 1.29 is 9.47 Å². The summed E-state index contributed by atoms with van der Waals surface area (Å²) in [5.41, 5.74) is 1.20. The van der Waals surface area contributed by atoms with E-state index in [1.54, 1.807) is 0 Å². The average Bonchev–Trinajstić information content (AvgIpc) is 3.07. The molecule has 1 fully saturated rings. The number of nitrogens with zero attached hydrogens (tertiary/aromatic N) is 2. The molecule has 0 bridgehead atoms. The number of hydrogen-bond donors (Lipinski definition) is 0. The Morgan fingerprint density at radius 1 is 1.23 bits per heavy atom. The van der Waals surface area contributed by atoms with Crippen molar-refractivity contribution in [1.29, 1.82) is 5.26 Å². The van der Waals surface area contributed by atoms with Gasteiger partial charge in [0.1, 0.15) is 0 Å². The van der Waals surface area contributed by atoms with Crippen LogP contribution in [0.5, 0.6) is 0 Å². The van der Waals surface area contributed by atoms with Crippen molar-refractivity contribution in [2.45, 2.75) is 63.4 Å². The summed E-state index contributed by atoms with van der Waals surface area (Å²) in [6.45, 7) is 1.69. The third kappa shape index (κ3) is 8.14. The highest BCUT2D eigenvalue weighted by atomic mass is 16.5. The Bertz CT molecular complexity index is 565. The van der Waals surface area contributed by atoms with Crippen LogP contribution in [0.25, 0.3) is 0 Å². The van der Waals surface area contributed by atoms with Gasteiger partial charge in [0.2, 0.25) is 0 Å². The van der Waals surface area contributed by atoms with Gasteiger partial charge in [0.15, 0.2) is 0 Å². The van der Waals surface area contributed by atoms with E-state index in [0.29, 0.717) is 13.0 Å². The molecule has 0 radical (unpaired) electrons. The maximum absolute atomic E-state index is 8.84. The lowest BCUT2D eigenvalue weighted by Crippen LogP contribution is -2.21. The molecular weight excluding hydrogens is 324 g/mol. The first kappa shape index (κ1) is 20.6. The highest BCUT2D eigenvalue weighted by molar-refractivity contribution is 5.13. The quantitative estimate of drug-likeness (QED) is 0.554. The van der Waals surface area contributed by atoms with Gasteiger partial charge in [-0.3, -0.25) is 0 Å². The average molecular weight is 357 g/mol. The van der Waals surface area contributed by atoms with Gasteiger partial charge in [-0.25, -0.2) is 0 Å². The molecule has 142 valence electrons. The van der Waals surface area contributed by atoms with E-state index in [-0.39, 0.29) is 18.3 Å². The van der Waals surface area contributed by atoms with Crippen LogP contribution in [0.15, 0.2) is 42.5 Å². The first-order chi connectivity index (χ1) is 12.7. The molecule has 0 amide bonds. The Labute approximate surface area is 158 Å². The summed E-state index contributed by atoms with van der Waals surface area (Å²) >= 11 is 0. The molecule has 3 atom stereocenters. The minimum Gasteiger partial charge on any atom is -0.374 e. The van der Waals surface area contributed by atoms with Crippen LogP contribution >= 0.6 is 0 Å². The van der Waals surface area contributed by atoms with Gasteiger partial charge in [0.05, 0.1) is 37.4 Å². The normalized spacial score (nSPS) is 21.3. The van der Waals surface area contributed by atoms with Crippen molar-refractivity contribution in [1.82, 2.24) is 4.90 Å². The van der Waals surface area contributed by atoms with Crippen molar-refractivity contribution in [3.05, 3.63) is 48.0 Å². The second-order valence-electron chi connectivity index (χ2n) is 7.27. The Kier molecular flexibility index (Phi) is 9.41. The summed E-state index contributed by atoms with van der Waals surface area (Å²) in [6, 6.07) is 12.5. The summed E-state index contributed by atoms with van der Waals surface area (Å²) in [5.74, 6) is 0. The van der Waals surface area contributed by atoms with Crippen LogP contribution in [0.2, 0.25) is 0 Å². The van der Waals surface area contributed by atoms with E-state index in [2.05, 4.69) is 49.3 Å². The topological polar surface area (TPSA) is 45.5 Å². The van der Waals surface area contributed by atoms with Gasteiger partial charge < -0.3 is 14.4 Å². The molecule has 26 heavy (non-hydrogen) atoms. The Hall–Kier alpha value is -1.67. The summed E-state index contributed by atoms with van der Waals surface area (Å²) in [5, 5.41) is 8.84. The predicted octanol–water partition coefficient (Wildman–Crippen LogP) is 4.32. The molecule has 1 aromatic carbocycles.